The first-order valence-electron chi connectivity index (χ1n) is 4.74. The van der Waals surface area contributed by atoms with Gasteiger partial charge in [0.1, 0.15) is 0 Å². The molecule has 0 aliphatic carbocycles. The first-order valence-corrected chi connectivity index (χ1v) is 6.35. The van der Waals surface area contributed by atoms with Crippen LogP contribution < -0.4 is 5.73 Å². The normalized spacial score (nSPS) is 10.5. The molecule has 0 saturated heterocycles. The van der Waals surface area contributed by atoms with E-state index in [1.54, 1.807) is 11.3 Å². The molecular weight excluding hydrogens is 270 g/mol. The molecule has 0 amide bonds. The second kappa shape index (κ2) is 4.37. The van der Waals surface area contributed by atoms with E-state index in [9.17, 15) is 0 Å². The highest BCUT2D eigenvalue weighted by Crippen LogP contribution is 2.26. The van der Waals surface area contributed by atoms with Crippen LogP contribution in [0.15, 0.2) is 34.1 Å². The van der Waals surface area contributed by atoms with Crippen LogP contribution in [0.2, 0.25) is 0 Å². The van der Waals surface area contributed by atoms with Crippen molar-refractivity contribution in [2.24, 2.45) is 0 Å². The minimum atomic E-state index is 0.880. The molecule has 2 aromatic rings. The Morgan fingerprint density at radius 3 is 2.73 bits per heavy atom. The molecule has 0 bridgehead atoms. The van der Waals surface area contributed by atoms with E-state index in [0.717, 1.165) is 12.1 Å². The minimum absolute atomic E-state index is 0.880. The molecule has 0 aliphatic rings. The number of hydrogen-bond acceptors (Lipinski definition) is 2. The molecule has 78 valence electrons. The van der Waals surface area contributed by atoms with Gasteiger partial charge in [0.25, 0.3) is 0 Å². The number of nitrogen functional groups attached to an aromatic ring is 1. The van der Waals surface area contributed by atoms with Crippen LogP contribution in [0.3, 0.4) is 0 Å². The maximum Gasteiger partial charge on any atom is 0.0701 e. The molecule has 0 saturated carbocycles. The van der Waals surface area contributed by atoms with Gasteiger partial charge in [-0.3, -0.25) is 0 Å². The van der Waals surface area contributed by atoms with Crippen molar-refractivity contribution in [3.63, 3.8) is 0 Å². The van der Waals surface area contributed by atoms with E-state index in [4.69, 9.17) is 5.73 Å². The lowest BCUT2D eigenvalue weighted by atomic mass is 10.1. The Balaban J connectivity index is 2.27. The summed E-state index contributed by atoms with van der Waals surface area (Å²) in [4.78, 5) is 1.33. The average Bonchev–Trinajstić information content (AvgIpc) is 2.58. The fourth-order valence-electron chi connectivity index (χ4n) is 1.52. The minimum Gasteiger partial charge on any atom is -0.398 e. The highest BCUT2D eigenvalue weighted by atomic mass is 79.9. The van der Waals surface area contributed by atoms with Crippen LogP contribution in [0, 0.1) is 6.92 Å². The van der Waals surface area contributed by atoms with Crippen LogP contribution in [-0.2, 0) is 6.42 Å². The number of rotatable bonds is 2. The highest BCUT2D eigenvalue weighted by Gasteiger charge is 2.03. The maximum atomic E-state index is 5.94. The van der Waals surface area contributed by atoms with E-state index >= 15 is 0 Å². The van der Waals surface area contributed by atoms with E-state index in [0.29, 0.717) is 0 Å². The molecule has 15 heavy (non-hydrogen) atoms. The summed E-state index contributed by atoms with van der Waals surface area (Å²) < 4.78 is 1.17. The summed E-state index contributed by atoms with van der Waals surface area (Å²) in [7, 11) is 0. The molecule has 0 fully saturated rings. The van der Waals surface area contributed by atoms with Gasteiger partial charge < -0.3 is 5.73 Å². The summed E-state index contributed by atoms with van der Waals surface area (Å²) in [6.45, 7) is 2.09. The third-order valence-corrected chi connectivity index (χ3v) is 3.92. The van der Waals surface area contributed by atoms with Gasteiger partial charge in [0.2, 0.25) is 0 Å². The SMILES string of the molecule is Cc1ccc(N)c(Cc2ccc(Br)s2)c1. The zero-order valence-electron chi connectivity index (χ0n) is 8.46. The summed E-state index contributed by atoms with van der Waals surface area (Å²) in [5.41, 5.74) is 9.29. The summed E-state index contributed by atoms with van der Waals surface area (Å²) in [6.07, 6.45) is 0.920. The van der Waals surface area contributed by atoms with Crippen molar-refractivity contribution < 1.29 is 0 Å². The van der Waals surface area contributed by atoms with Gasteiger partial charge in [0.05, 0.1) is 3.79 Å². The van der Waals surface area contributed by atoms with Crippen molar-refractivity contribution in [3.8, 4) is 0 Å². The molecule has 1 aromatic carbocycles. The highest BCUT2D eigenvalue weighted by molar-refractivity contribution is 9.11. The van der Waals surface area contributed by atoms with E-state index in [2.05, 4.69) is 41.1 Å². The van der Waals surface area contributed by atoms with E-state index in [1.165, 1.54) is 19.8 Å². The van der Waals surface area contributed by atoms with Crippen LogP contribution >= 0.6 is 27.3 Å². The first kappa shape index (κ1) is 10.7. The van der Waals surface area contributed by atoms with Gasteiger partial charge in [-0.15, -0.1) is 11.3 Å². The van der Waals surface area contributed by atoms with Crippen molar-refractivity contribution in [2.75, 3.05) is 5.73 Å². The Bertz CT molecular complexity index is 476. The first-order chi connectivity index (χ1) is 7.15. The smallest absolute Gasteiger partial charge is 0.0701 e. The lowest BCUT2D eigenvalue weighted by molar-refractivity contribution is 1.23. The standard InChI is InChI=1S/C12H12BrNS/c1-8-2-4-11(14)9(6-8)7-10-3-5-12(13)15-10/h2-6H,7,14H2,1H3. The van der Waals surface area contributed by atoms with Gasteiger partial charge in [-0.1, -0.05) is 17.7 Å². The molecule has 3 heteroatoms. The lowest BCUT2D eigenvalue weighted by Gasteiger charge is -2.05. The van der Waals surface area contributed by atoms with Crippen molar-refractivity contribution in [1.29, 1.82) is 0 Å². The third-order valence-electron chi connectivity index (χ3n) is 2.29. The molecular formula is C12H12BrNS. The topological polar surface area (TPSA) is 26.0 Å². The second-order valence-electron chi connectivity index (χ2n) is 3.58. The van der Waals surface area contributed by atoms with Crippen LogP contribution in [0.4, 0.5) is 5.69 Å². The quantitative estimate of drug-likeness (QED) is 0.828. The Kier molecular flexibility index (Phi) is 3.12. The van der Waals surface area contributed by atoms with E-state index in [1.807, 2.05) is 12.1 Å². The van der Waals surface area contributed by atoms with E-state index in [-0.39, 0.29) is 0 Å². The number of aryl methyl sites for hydroxylation is 1. The van der Waals surface area contributed by atoms with Gasteiger partial charge in [-0.25, -0.2) is 0 Å². The second-order valence-corrected chi connectivity index (χ2v) is 6.13. The zero-order valence-corrected chi connectivity index (χ0v) is 10.9. The predicted molar refractivity (Wildman–Crippen MR) is 70.4 cm³/mol. The van der Waals surface area contributed by atoms with Crippen molar-refractivity contribution in [1.82, 2.24) is 0 Å². The molecule has 1 aromatic heterocycles. The Hall–Kier alpha value is -0.800. The number of anilines is 1. The monoisotopic (exact) mass is 281 g/mol. The van der Waals surface area contributed by atoms with Crippen LogP contribution in [0.25, 0.3) is 0 Å². The number of hydrogen-bond donors (Lipinski definition) is 1. The Morgan fingerprint density at radius 2 is 2.07 bits per heavy atom. The van der Waals surface area contributed by atoms with E-state index < -0.39 is 0 Å². The molecule has 2 N–H and O–H groups in total. The molecule has 0 unspecified atom stereocenters. The Morgan fingerprint density at radius 1 is 1.27 bits per heavy atom. The molecule has 0 aliphatic heterocycles. The molecule has 1 heterocycles. The summed E-state index contributed by atoms with van der Waals surface area (Å²) in [5, 5.41) is 0. The van der Waals surface area contributed by atoms with Gasteiger partial charge >= 0.3 is 0 Å². The fourth-order valence-corrected chi connectivity index (χ4v) is 3.03. The summed E-state index contributed by atoms with van der Waals surface area (Å²) in [6, 6.07) is 10.4. The molecule has 0 atom stereocenters. The summed E-state index contributed by atoms with van der Waals surface area (Å²) in [5.74, 6) is 0. The van der Waals surface area contributed by atoms with Crippen LogP contribution in [0.1, 0.15) is 16.0 Å². The van der Waals surface area contributed by atoms with Crippen LogP contribution in [-0.4, -0.2) is 0 Å². The van der Waals surface area contributed by atoms with Crippen molar-refractivity contribution >= 4 is 33.0 Å². The molecule has 0 radical (unpaired) electrons. The number of halogens is 1. The number of nitrogens with two attached hydrogens (primary N) is 1. The van der Waals surface area contributed by atoms with Crippen LogP contribution in [0.5, 0.6) is 0 Å². The van der Waals surface area contributed by atoms with Gasteiger partial charge in [0, 0.05) is 17.0 Å². The third kappa shape index (κ3) is 2.61. The fraction of sp³-hybridized carbons (Fsp3) is 0.167. The number of thiophene rings is 1. The largest absolute Gasteiger partial charge is 0.398 e. The van der Waals surface area contributed by atoms with Crippen molar-refractivity contribution in [3.05, 3.63) is 50.1 Å². The van der Waals surface area contributed by atoms with Gasteiger partial charge in [-0.05, 0) is 46.6 Å². The molecule has 2 rings (SSSR count). The zero-order chi connectivity index (χ0) is 10.8. The lowest BCUT2D eigenvalue weighted by Crippen LogP contribution is -1.94. The van der Waals surface area contributed by atoms with Gasteiger partial charge in [-0.2, -0.15) is 0 Å². The summed E-state index contributed by atoms with van der Waals surface area (Å²) >= 11 is 5.22. The molecule has 0 spiro atoms. The van der Waals surface area contributed by atoms with Crippen molar-refractivity contribution in [2.45, 2.75) is 13.3 Å². The average molecular weight is 282 g/mol. The maximum absolute atomic E-state index is 5.94. The molecule has 1 nitrogen and oxygen atoms in total. The van der Waals surface area contributed by atoms with Gasteiger partial charge in [0.15, 0.2) is 0 Å². The Labute approximate surface area is 102 Å². The number of benzene rings is 1. The predicted octanol–water partition coefficient (Wildman–Crippen LogP) is 3.99.